The molecule has 1 aliphatic carbocycles. The lowest BCUT2D eigenvalue weighted by Gasteiger charge is -2.26. The van der Waals surface area contributed by atoms with Crippen LogP contribution in [0.5, 0.6) is 5.75 Å². The number of hydrogen-bond donors (Lipinski definition) is 0. The van der Waals surface area contributed by atoms with E-state index in [1.54, 1.807) is 0 Å². The van der Waals surface area contributed by atoms with Crippen molar-refractivity contribution in [3.63, 3.8) is 0 Å². The smallest absolute Gasteiger partial charge is 0.119 e. The van der Waals surface area contributed by atoms with E-state index < -0.39 is 0 Å². The predicted molar refractivity (Wildman–Crippen MR) is 63.2 cm³/mol. The molecule has 1 aromatic carbocycles. The Kier molecular flexibility index (Phi) is 3.30. The van der Waals surface area contributed by atoms with Crippen LogP contribution in [0.4, 0.5) is 0 Å². The summed E-state index contributed by atoms with van der Waals surface area (Å²) in [6.45, 7) is 4.44. The van der Waals surface area contributed by atoms with Gasteiger partial charge in [0.15, 0.2) is 0 Å². The van der Waals surface area contributed by atoms with Crippen LogP contribution < -0.4 is 4.74 Å². The lowest BCUT2D eigenvalue weighted by molar-refractivity contribution is 0.135. The van der Waals surface area contributed by atoms with E-state index in [1.807, 2.05) is 0 Å². The molecule has 0 saturated heterocycles. The zero-order valence-electron chi connectivity index (χ0n) is 9.70. The first-order chi connectivity index (χ1) is 7.24. The number of ether oxygens (including phenoxy) is 1. The topological polar surface area (TPSA) is 9.23 Å². The van der Waals surface area contributed by atoms with Crippen LogP contribution in [0.25, 0.3) is 0 Å². The summed E-state index contributed by atoms with van der Waals surface area (Å²) in [5.41, 5.74) is 1.29. The third kappa shape index (κ3) is 2.98. The Morgan fingerprint density at radius 2 is 1.60 bits per heavy atom. The molecule has 1 nitrogen and oxygen atoms in total. The van der Waals surface area contributed by atoms with Crippen molar-refractivity contribution < 1.29 is 4.74 Å². The average molecular weight is 204 g/mol. The van der Waals surface area contributed by atoms with Gasteiger partial charge in [-0.05, 0) is 50.7 Å². The van der Waals surface area contributed by atoms with Crippen molar-refractivity contribution in [2.45, 2.75) is 45.6 Å². The van der Waals surface area contributed by atoms with E-state index in [2.05, 4.69) is 38.1 Å². The van der Waals surface area contributed by atoms with Crippen LogP contribution in [-0.4, -0.2) is 6.10 Å². The maximum absolute atomic E-state index is 5.96. The Bertz CT molecular complexity index is 294. The standard InChI is InChI=1S/C14H20O/c1-11-3-7-13(8-4-11)15-14-9-5-12(2)6-10-14/h3-4,7-8,12,14H,5-6,9-10H2,1-2H3/t12-,14-. The first-order valence-corrected chi connectivity index (χ1v) is 5.97. The highest BCUT2D eigenvalue weighted by Gasteiger charge is 2.19. The molecule has 0 amide bonds. The van der Waals surface area contributed by atoms with Crippen molar-refractivity contribution in [3.8, 4) is 5.75 Å². The van der Waals surface area contributed by atoms with Gasteiger partial charge < -0.3 is 4.74 Å². The van der Waals surface area contributed by atoms with E-state index in [-0.39, 0.29) is 0 Å². The van der Waals surface area contributed by atoms with Gasteiger partial charge in [0.1, 0.15) is 5.75 Å². The van der Waals surface area contributed by atoms with Crippen LogP contribution in [-0.2, 0) is 0 Å². The highest BCUT2D eigenvalue weighted by molar-refractivity contribution is 5.26. The van der Waals surface area contributed by atoms with E-state index in [4.69, 9.17) is 4.74 Å². The molecule has 0 atom stereocenters. The third-order valence-corrected chi connectivity index (χ3v) is 3.29. The summed E-state index contributed by atoms with van der Waals surface area (Å²) in [5.74, 6) is 1.92. The molecule has 0 bridgehead atoms. The highest BCUT2D eigenvalue weighted by Crippen LogP contribution is 2.27. The van der Waals surface area contributed by atoms with E-state index in [1.165, 1.54) is 31.2 Å². The summed E-state index contributed by atoms with van der Waals surface area (Å²) in [5, 5.41) is 0. The second-order valence-corrected chi connectivity index (χ2v) is 4.81. The van der Waals surface area contributed by atoms with Gasteiger partial charge in [-0.1, -0.05) is 24.6 Å². The fraction of sp³-hybridized carbons (Fsp3) is 0.571. The Balaban J connectivity index is 1.89. The normalized spacial score (nSPS) is 26.3. The molecule has 1 saturated carbocycles. The number of hydrogen-bond acceptors (Lipinski definition) is 1. The van der Waals surface area contributed by atoms with Crippen LogP contribution in [0.1, 0.15) is 38.2 Å². The average Bonchev–Trinajstić information content (AvgIpc) is 2.25. The first-order valence-electron chi connectivity index (χ1n) is 5.97. The molecule has 0 unspecified atom stereocenters. The van der Waals surface area contributed by atoms with E-state index in [0.717, 1.165) is 11.7 Å². The number of benzene rings is 1. The van der Waals surface area contributed by atoms with Crippen LogP contribution >= 0.6 is 0 Å². The molecule has 1 heteroatoms. The summed E-state index contributed by atoms with van der Waals surface area (Å²) in [6, 6.07) is 8.38. The molecule has 0 aliphatic heterocycles. The molecule has 0 radical (unpaired) electrons. The fourth-order valence-electron chi connectivity index (χ4n) is 2.16. The minimum Gasteiger partial charge on any atom is -0.490 e. The monoisotopic (exact) mass is 204 g/mol. The molecule has 0 aromatic heterocycles. The Labute approximate surface area is 92.5 Å². The maximum Gasteiger partial charge on any atom is 0.119 e. The van der Waals surface area contributed by atoms with Gasteiger partial charge in [-0.3, -0.25) is 0 Å². The van der Waals surface area contributed by atoms with Crippen LogP contribution in [0, 0.1) is 12.8 Å². The quantitative estimate of drug-likeness (QED) is 0.708. The number of rotatable bonds is 2. The summed E-state index contributed by atoms with van der Waals surface area (Å²) < 4.78 is 5.96. The molecule has 2 rings (SSSR count). The van der Waals surface area contributed by atoms with Gasteiger partial charge in [0.05, 0.1) is 6.10 Å². The summed E-state index contributed by atoms with van der Waals surface area (Å²) in [6.07, 6.45) is 5.51. The van der Waals surface area contributed by atoms with Crippen LogP contribution in [0.2, 0.25) is 0 Å². The van der Waals surface area contributed by atoms with Gasteiger partial charge in [0.25, 0.3) is 0 Å². The van der Waals surface area contributed by atoms with Crippen LogP contribution in [0.15, 0.2) is 24.3 Å². The van der Waals surface area contributed by atoms with Gasteiger partial charge in [0.2, 0.25) is 0 Å². The second kappa shape index (κ2) is 4.69. The van der Waals surface area contributed by atoms with Crippen molar-refractivity contribution in [1.29, 1.82) is 0 Å². The molecule has 0 heterocycles. The van der Waals surface area contributed by atoms with E-state index in [9.17, 15) is 0 Å². The zero-order valence-corrected chi connectivity index (χ0v) is 9.70. The predicted octanol–water partition coefficient (Wildman–Crippen LogP) is 3.95. The lowest BCUT2D eigenvalue weighted by Crippen LogP contribution is -2.22. The minimum atomic E-state index is 0.448. The molecule has 1 aromatic rings. The first kappa shape index (κ1) is 10.5. The molecule has 1 aliphatic rings. The number of aryl methyl sites for hydroxylation is 1. The summed E-state index contributed by atoms with van der Waals surface area (Å²) in [7, 11) is 0. The van der Waals surface area contributed by atoms with Crippen molar-refractivity contribution in [2.75, 3.05) is 0 Å². The van der Waals surface area contributed by atoms with Crippen LogP contribution in [0.3, 0.4) is 0 Å². The lowest BCUT2D eigenvalue weighted by atomic mass is 9.89. The molecular formula is C14H20O. The second-order valence-electron chi connectivity index (χ2n) is 4.81. The van der Waals surface area contributed by atoms with Gasteiger partial charge in [0, 0.05) is 0 Å². The van der Waals surface area contributed by atoms with Crippen molar-refractivity contribution in [3.05, 3.63) is 29.8 Å². The van der Waals surface area contributed by atoms with Gasteiger partial charge >= 0.3 is 0 Å². The van der Waals surface area contributed by atoms with Gasteiger partial charge in [-0.25, -0.2) is 0 Å². The Hall–Kier alpha value is -0.980. The van der Waals surface area contributed by atoms with Crippen molar-refractivity contribution in [1.82, 2.24) is 0 Å². The Morgan fingerprint density at radius 1 is 1.00 bits per heavy atom. The SMILES string of the molecule is Cc1ccc(O[C@H]2CC[C@H](C)CC2)cc1. The van der Waals surface area contributed by atoms with E-state index in [0.29, 0.717) is 6.10 Å². The molecule has 0 spiro atoms. The molecule has 15 heavy (non-hydrogen) atoms. The highest BCUT2D eigenvalue weighted by atomic mass is 16.5. The fourth-order valence-corrected chi connectivity index (χ4v) is 2.16. The molecule has 1 fully saturated rings. The maximum atomic E-state index is 5.96. The largest absolute Gasteiger partial charge is 0.490 e. The molecular weight excluding hydrogens is 184 g/mol. The van der Waals surface area contributed by atoms with E-state index >= 15 is 0 Å². The van der Waals surface area contributed by atoms with Gasteiger partial charge in [-0.15, -0.1) is 0 Å². The molecule has 0 N–H and O–H groups in total. The summed E-state index contributed by atoms with van der Waals surface area (Å²) >= 11 is 0. The van der Waals surface area contributed by atoms with Crippen molar-refractivity contribution in [2.24, 2.45) is 5.92 Å². The Morgan fingerprint density at radius 3 is 2.20 bits per heavy atom. The van der Waals surface area contributed by atoms with Crippen molar-refractivity contribution >= 4 is 0 Å². The third-order valence-electron chi connectivity index (χ3n) is 3.29. The zero-order chi connectivity index (χ0) is 10.7. The minimum absolute atomic E-state index is 0.448. The van der Waals surface area contributed by atoms with Gasteiger partial charge in [-0.2, -0.15) is 0 Å². The molecule has 82 valence electrons. The summed E-state index contributed by atoms with van der Waals surface area (Å²) in [4.78, 5) is 0.